The molecule has 5 nitrogen and oxygen atoms in total. The zero-order valence-electron chi connectivity index (χ0n) is 15.2. The molecule has 0 spiro atoms. The lowest BCUT2D eigenvalue weighted by Gasteiger charge is -2.19. The number of halogens is 1. The number of carbonyl (C=O) groups is 1. The summed E-state index contributed by atoms with van der Waals surface area (Å²) in [5, 5.41) is 1.05. The maximum Gasteiger partial charge on any atom is 0.321 e. The monoisotopic (exact) mass is 382 g/mol. The molecule has 1 unspecified atom stereocenters. The minimum atomic E-state index is -0.501. The lowest BCUT2D eigenvalue weighted by atomic mass is 10.0. The zero-order chi connectivity index (χ0) is 19.1. The summed E-state index contributed by atoms with van der Waals surface area (Å²) in [5.74, 6) is -0.705. The van der Waals surface area contributed by atoms with E-state index in [0.717, 1.165) is 33.4 Å². The number of carbonyl (C=O) groups excluding carboxylic acids is 1. The summed E-state index contributed by atoms with van der Waals surface area (Å²) in [4.78, 5) is 29.4. The van der Waals surface area contributed by atoms with Gasteiger partial charge in [0.05, 0.1) is 23.4 Å². The van der Waals surface area contributed by atoms with Gasteiger partial charge in [0.2, 0.25) is 0 Å². The third kappa shape index (κ3) is 2.92. The minimum absolute atomic E-state index is 0.0788. The highest BCUT2D eigenvalue weighted by molar-refractivity contribution is 6.26. The summed E-state index contributed by atoms with van der Waals surface area (Å²) in [6.07, 6.45) is 0.0593. The maximum absolute atomic E-state index is 13.0. The number of rotatable bonds is 4. The second-order valence-electron chi connectivity index (χ2n) is 6.71. The molecule has 4 rings (SSSR count). The van der Waals surface area contributed by atoms with Crippen molar-refractivity contribution >= 4 is 28.5 Å². The molecule has 1 atom stereocenters. The highest BCUT2D eigenvalue weighted by Crippen LogP contribution is 2.34. The molecule has 0 saturated carbocycles. The topological polar surface area (TPSA) is 61.2 Å². The molecule has 1 aromatic carbocycles. The third-order valence-corrected chi connectivity index (χ3v) is 5.27. The quantitative estimate of drug-likeness (QED) is 0.396. The second-order valence-corrected chi connectivity index (χ2v) is 6.98. The number of ether oxygens (including phenoxy) is 1. The molecule has 0 aliphatic carbocycles. The molecule has 1 aliphatic heterocycles. The van der Waals surface area contributed by atoms with Crippen LogP contribution in [0.4, 0.5) is 0 Å². The second kappa shape index (κ2) is 6.82. The van der Waals surface area contributed by atoms with E-state index in [2.05, 4.69) is 6.07 Å². The van der Waals surface area contributed by atoms with Crippen LogP contribution >= 0.6 is 11.6 Å². The summed E-state index contributed by atoms with van der Waals surface area (Å²) < 4.78 is 7.19. The Labute approximate surface area is 161 Å². The van der Waals surface area contributed by atoms with Crippen LogP contribution < -0.4 is 5.56 Å². The zero-order valence-corrected chi connectivity index (χ0v) is 15.9. The van der Waals surface area contributed by atoms with Gasteiger partial charge in [-0.3, -0.25) is 9.59 Å². The summed E-state index contributed by atoms with van der Waals surface area (Å²) in [6.45, 7) is 4.19. The standard InChI is InChI=1S/C21H19ClN2O3/c1-3-18(27-19(25)10-22)15-9-17-20-14(11-24(17)21(26)12(15)2)8-13-6-4-5-7-16(13)23-20/h4-9,18H,3,10-11H2,1-2H3. The van der Waals surface area contributed by atoms with Crippen LogP contribution in [0.3, 0.4) is 0 Å². The van der Waals surface area contributed by atoms with E-state index in [1.165, 1.54) is 0 Å². The average molecular weight is 383 g/mol. The first-order valence-corrected chi connectivity index (χ1v) is 9.45. The molecule has 27 heavy (non-hydrogen) atoms. The number of fused-ring (bicyclic) bond motifs is 4. The Morgan fingerprint density at radius 2 is 2.11 bits per heavy atom. The fourth-order valence-corrected chi connectivity index (χ4v) is 3.75. The van der Waals surface area contributed by atoms with E-state index in [-0.39, 0.29) is 11.4 Å². The van der Waals surface area contributed by atoms with Crippen LogP contribution in [-0.2, 0) is 16.1 Å². The maximum atomic E-state index is 13.0. The smallest absolute Gasteiger partial charge is 0.321 e. The van der Waals surface area contributed by atoms with Gasteiger partial charge in [0.1, 0.15) is 12.0 Å². The minimum Gasteiger partial charge on any atom is -0.457 e. The molecule has 0 bridgehead atoms. The van der Waals surface area contributed by atoms with Gasteiger partial charge in [-0.25, -0.2) is 4.98 Å². The van der Waals surface area contributed by atoms with Crippen LogP contribution in [-0.4, -0.2) is 21.4 Å². The molecule has 0 fully saturated rings. The van der Waals surface area contributed by atoms with Gasteiger partial charge in [0.25, 0.3) is 5.56 Å². The van der Waals surface area contributed by atoms with Crippen molar-refractivity contribution in [1.29, 1.82) is 0 Å². The van der Waals surface area contributed by atoms with Gasteiger partial charge in [-0.15, -0.1) is 11.6 Å². The van der Waals surface area contributed by atoms with Crippen LogP contribution in [0.25, 0.3) is 22.3 Å². The Morgan fingerprint density at radius 1 is 1.33 bits per heavy atom. The van der Waals surface area contributed by atoms with Gasteiger partial charge >= 0.3 is 5.97 Å². The van der Waals surface area contributed by atoms with E-state index in [1.54, 1.807) is 11.5 Å². The number of hydrogen-bond donors (Lipinski definition) is 0. The first-order valence-electron chi connectivity index (χ1n) is 8.92. The summed E-state index contributed by atoms with van der Waals surface area (Å²) >= 11 is 5.58. The van der Waals surface area contributed by atoms with E-state index in [1.807, 2.05) is 37.3 Å². The molecule has 0 N–H and O–H groups in total. The largest absolute Gasteiger partial charge is 0.457 e. The van der Waals surface area contributed by atoms with Gasteiger partial charge in [-0.05, 0) is 31.5 Å². The molecule has 0 saturated heterocycles. The van der Waals surface area contributed by atoms with Gasteiger partial charge in [0, 0.05) is 22.1 Å². The Morgan fingerprint density at radius 3 is 2.85 bits per heavy atom. The molecule has 138 valence electrons. The first kappa shape index (κ1) is 17.7. The van der Waals surface area contributed by atoms with Gasteiger partial charge in [-0.2, -0.15) is 0 Å². The van der Waals surface area contributed by atoms with Gasteiger partial charge in [-0.1, -0.05) is 25.1 Å². The molecular weight excluding hydrogens is 364 g/mol. The Bertz CT molecular complexity index is 1120. The number of aromatic nitrogens is 2. The fourth-order valence-electron chi connectivity index (χ4n) is 3.69. The van der Waals surface area contributed by atoms with E-state index in [9.17, 15) is 9.59 Å². The van der Waals surface area contributed by atoms with Crippen molar-refractivity contribution in [3.63, 3.8) is 0 Å². The number of pyridine rings is 2. The Balaban J connectivity index is 1.88. The first-order chi connectivity index (χ1) is 13.0. The lowest BCUT2D eigenvalue weighted by Crippen LogP contribution is -2.25. The van der Waals surface area contributed by atoms with Crippen molar-refractivity contribution in [1.82, 2.24) is 9.55 Å². The molecular formula is C21H19ClN2O3. The molecule has 0 amide bonds. The van der Waals surface area contributed by atoms with Crippen LogP contribution in [0.1, 0.15) is 36.1 Å². The van der Waals surface area contributed by atoms with E-state index >= 15 is 0 Å². The summed E-state index contributed by atoms with van der Waals surface area (Å²) in [5.41, 5.74) is 4.71. The highest BCUT2D eigenvalue weighted by atomic mass is 35.5. The summed E-state index contributed by atoms with van der Waals surface area (Å²) in [6, 6.07) is 11.9. The van der Waals surface area contributed by atoms with E-state index < -0.39 is 12.1 Å². The highest BCUT2D eigenvalue weighted by Gasteiger charge is 2.27. The van der Waals surface area contributed by atoms with Crippen LogP contribution in [0.2, 0.25) is 0 Å². The number of hydrogen-bond acceptors (Lipinski definition) is 4. The molecule has 1 aliphatic rings. The fraction of sp³-hybridized carbons (Fsp3) is 0.286. The number of esters is 1. The molecule has 0 radical (unpaired) electrons. The number of alkyl halides is 1. The number of para-hydroxylation sites is 1. The normalized spacial score (nSPS) is 13.3. The third-order valence-electron chi connectivity index (χ3n) is 5.06. The SMILES string of the molecule is CCC(OC(=O)CCl)c1cc2n(c(=O)c1C)Cc1cc3ccccc3nc1-2. The summed E-state index contributed by atoms with van der Waals surface area (Å²) in [7, 11) is 0. The van der Waals surface area contributed by atoms with Gasteiger partial charge in [0.15, 0.2) is 0 Å². The van der Waals surface area contributed by atoms with E-state index in [4.69, 9.17) is 21.3 Å². The van der Waals surface area contributed by atoms with Crippen molar-refractivity contribution < 1.29 is 9.53 Å². The molecule has 3 heterocycles. The van der Waals surface area contributed by atoms with Crippen LogP contribution in [0.5, 0.6) is 0 Å². The lowest BCUT2D eigenvalue weighted by molar-refractivity contribution is -0.146. The Kier molecular flexibility index (Phi) is 4.48. The predicted octanol–water partition coefficient (Wildman–Crippen LogP) is 3.97. The average Bonchev–Trinajstić information content (AvgIpc) is 3.04. The molecule has 3 aromatic rings. The van der Waals surface area contributed by atoms with Crippen molar-refractivity contribution in [2.24, 2.45) is 0 Å². The predicted molar refractivity (Wildman–Crippen MR) is 105 cm³/mol. The van der Waals surface area contributed by atoms with Crippen molar-refractivity contribution in [3.8, 4) is 11.4 Å². The number of benzene rings is 1. The van der Waals surface area contributed by atoms with Crippen molar-refractivity contribution in [2.75, 3.05) is 5.88 Å². The number of nitrogens with zero attached hydrogens (tertiary/aromatic N) is 2. The van der Waals surface area contributed by atoms with Crippen molar-refractivity contribution in [3.05, 3.63) is 63.4 Å². The van der Waals surface area contributed by atoms with Crippen LogP contribution in [0.15, 0.2) is 41.2 Å². The molecule has 6 heteroatoms. The van der Waals surface area contributed by atoms with Gasteiger partial charge < -0.3 is 9.30 Å². The Hall–Kier alpha value is -2.66. The van der Waals surface area contributed by atoms with Crippen molar-refractivity contribution in [2.45, 2.75) is 32.9 Å². The van der Waals surface area contributed by atoms with E-state index in [0.29, 0.717) is 18.5 Å². The van der Waals surface area contributed by atoms with Crippen LogP contribution in [0, 0.1) is 6.92 Å². The molecule has 2 aromatic heterocycles.